The standard InChI is InChI=1S/C28H25NO4/c1-28(2,3)18-14-12-17(13-15-18)24-23-25(30)21-10-5-6-11-22(21)33-26(23)27(31)29(24)19-8-7-9-20(16-19)32-4/h5-16,24H,1-4H3. The van der Waals surface area contributed by atoms with Crippen LogP contribution in [0.3, 0.4) is 0 Å². The first kappa shape index (κ1) is 21.0. The molecule has 5 rings (SSSR count). The summed E-state index contributed by atoms with van der Waals surface area (Å²) in [6.45, 7) is 6.46. The summed E-state index contributed by atoms with van der Waals surface area (Å²) in [6.07, 6.45) is 0. The maximum absolute atomic E-state index is 13.7. The van der Waals surface area contributed by atoms with E-state index in [1.165, 1.54) is 5.56 Å². The summed E-state index contributed by atoms with van der Waals surface area (Å²) >= 11 is 0. The molecule has 33 heavy (non-hydrogen) atoms. The number of methoxy groups -OCH3 is 1. The number of carbonyl (C=O) groups excluding carboxylic acids is 1. The van der Waals surface area contributed by atoms with Crippen LogP contribution >= 0.6 is 0 Å². The Morgan fingerprint density at radius 2 is 1.64 bits per heavy atom. The van der Waals surface area contributed by atoms with Gasteiger partial charge in [-0.05, 0) is 40.8 Å². The number of anilines is 1. The Hall–Kier alpha value is -3.86. The fraction of sp³-hybridized carbons (Fsp3) is 0.214. The van der Waals surface area contributed by atoms with Gasteiger partial charge in [0.25, 0.3) is 5.91 Å². The molecule has 4 aromatic rings. The van der Waals surface area contributed by atoms with E-state index < -0.39 is 6.04 Å². The molecular weight excluding hydrogens is 414 g/mol. The summed E-state index contributed by atoms with van der Waals surface area (Å²) in [4.78, 5) is 28.9. The van der Waals surface area contributed by atoms with Crippen LogP contribution in [0.1, 0.15) is 54.1 Å². The lowest BCUT2D eigenvalue weighted by molar-refractivity contribution is 0.0971. The molecule has 0 aliphatic carbocycles. The van der Waals surface area contributed by atoms with Crippen molar-refractivity contribution < 1.29 is 13.9 Å². The van der Waals surface area contributed by atoms with Crippen LogP contribution in [0.15, 0.2) is 82.0 Å². The van der Waals surface area contributed by atoms with Crippen molar-refractivity contribution in [3.63, 3.8) is 0 Å². The number of hydrogen-bond acceptors (Lipinski definition) is 4. The van der Waals surface area contributed by atoms with Crippen molar-refractivity contribution in [2.45, 2.75) is 32.2 Å². The lowest BCUT2D eigenvalue weighted by atomic mass is 9.86. The van der Waals surface area contributed by atoms with Gasteiger partial charge in [0.15, 0.2) is 5.43 Å². The summed E-state index contributed by atoms with van der Waals surface area (Å²) in [5.74, 6) is 0.375. The molecule has 1 atom stereocenters. The van der Waals surface area contributed by atoms with E-state index >= 15 is 0 Å². The summed E-state index contributed by atoms with van der Waals surface area (Å²) in [7, 11) is 1.58. The molecule has 1 aliphatic rings. The molecule has 2 heterocycles. The molecule has 3 aromatic carbocycles. The first-order chi connectivity index (χ1) is 15.8. The number of hydrogen-bond donors (Lipinski definition) is 0. The Bertz CT molecular complexity index is 1430. The minimum absolute atomic E-state index is 0.0103. The fourth-order valence-corrected chi connectivity index (χ4v) is 4.43. The van der Waals surface area contributed by atoms with Gasteiger partial charge >= 0.3 is 0 Å². The van der Waals surface area contributed by atoms with Crippen LogP contribution in [0.4, 0.5) is 5.69 Å². The Kier molecular flexibility index (Phi) is 4.85. The zero-order valence-corrected chi connectivity index (χ0v) is 19.1. The summed E-state index contributed by atoms with van der Waals surface area (Å²) in [6, 6.07) is 21.8. The van der Waals surface area contributed by atoms with E-state index in [1.54, 1.807) is 42.3 Å². The highest BCUT2D eigenvalue weighted by Gasteiger charge is 2.43. The average Bonchev–Trinajstić information content (AvgIpc) is 3.11. The predicted molar refractivity (Wildman–Crippen MR) is 129 cm³/mol. The molecular formula is C28H25NO4. The first-order valence-corrected chi connectivity index (χ1v) is 10.9. The zero-order chi connectivity index (χ0) is 23.3. The fourth-order valence-electron chi connectivity index (χ4n) is 4.43. The van der Waals surface area contributed by atoms with Gasteiger partial charge in [0.1, 0.15) is 11.3 Å². The number of carbonyl (C=O) groups is 1. The topological polar surface area (TPSA) is 59.8 Å². The molecule has 0 saturated heterocycles. The lowest BCUT2D eigenvalue weighted by Crippen LogP contribution is -2.29. The van der Waals surface area contributed by atoms with Crippen LogP contribution in [-0.2, 0) is 5.41 Å². The van der Waals surface area contributed by atoms with Gasteiger partial charge < -0.3 is 9.15 Å². The number of fused-ring (bicyclic) bond motifs is 2. The zero-order valence-electron chi connectivity index (χ0n) is 19.1. The quantitative estimate of drug-likeness (QED) is 0.402. The van der Waals surface area contributed by atoms with Crippen molar-refractivity contribution in [3.8, 4) is 5.75 Å². The number of amides is 1. The van der Waals surface area contributed by atoms with Gasteiger partial charge in [0, 0.05) is 11.8 Å². The number of para-hydroxylation sites is 1. The molecule has 0 saturated carbocycles. The Morgan fingerprint density at radius 1 is 0.909 bits per heavy atom. The minimum Gasteiger partial charge on any atom is -0.497 e. The number of benzene rings is 3. The first-order valence-electron chi connectivity index (χ1n) is 10.9. The molecule has 1 aromatic heterocycles. The average molecular weight is 440 g/mol. The highest BCUT2D eigenvalue weighted by Crippen LogP contribution is 2.42. The molecule has 5 nitrogen and oxygen atoms in total. The predicted octanol–water partition coefficient (Wildman–Crippen LogP) is 5.85. The molecule has 5 heteroatoms. The third-order valence-electron chi connectivity index (χ3n) is 6.20. The van der Waals surface area contributed by atoms with E-state index in [0.29, 0.717) is 28.0 Å². The molecule has 1 aliphatic heterocycles. The summed E-state index contributed by atoms with van der Waals surface area (Å²) in [5.41, 5.74) is 3.24. The largest absolute Gasteiger partial charge is 0.497 e. The monoisotopic (exact) mass is 439 g/mol. The van der Waals surface area contributed by atoms with Gasteiger partial charge in [-0.3, -0.25) is 14.5 Å². The van der Waals surface area contributed by atoms with Crippen LogP contribution in [0.5, 0.6) is 5.75 Å². The van der Waals surface area contributed by atoms with Crippen molar-refractivity contribution >= 4 is 22.6 Å². The van der Waals surface area contributed by atoms with Crippen molar-refractivity contribution in [1.29, 1.82) is 0 Å². The van der Waals surface area contributed by atoms with E-state index in [0.717, 1.165) is 5.56 Å². The highest BCUT2D eigenvalue weighted by molar-refractivity contribution is 6.10. The highest BCUT2D eigenvalue weighted by atomic mass is 16.5. The van der Waals surface area contributed by atoms with Gasteiger partial charge in [-0.25, -0.2) is 0 Å². The van der Waals surface area contributed by atoms with Crippen LogP contribution < -0.4 is 15.1 Å². The Labute approximate surface area is 192 Å². The van der Waals surface area contributed by atoms with Crippen molar-refractivity contribution in [3.05, 3.63) is 105 Å². The van der Waals surface area contributed by atoms with Gasteiger partial charge in [-0.15, -0.1) is 0 Å². The van der Waals surface area contributed by atoms with E-state index in [2.05, 4.69) is 32.9 Å². The molecule has 0 N–H and O–H groups in total. The second-order valence-electron chi connectivity index (χ2n) is 9.32. The normalized spacial score (nSPS) is 15.7. The van der Waals surface area contributed by atoms with E-state index in [4.69, 9.17) is 9.15 Å². The summed E-state index contributed by atoms with van der Waals surface area (Å²) in [5, 5.41) is 0.466. The minimum atomic E-state index is -0.602. The third-order valence-corrected chi connectivity index (χ3v) is 6.20. The maximum atomic E-state index is 13.7. The van der Waals surface area contributed by atoms with Gasteiger partial charge in [-0.1, -0.05) is 63.2 Å². The third kappa shape index (κ3) is 3.41. The molecule has 0 spiro atoms. The maximum Gasteiger partial charge on any atom is 0.295 e. The molecule has 0 fully saturated rings. The molecule has 166 valence electrons. The lowest BCUT2D eigenvalue weighted by Gasteiger charge is -2.26. The van der Waals surface area contributed by atoms with Crippen molar-refractivity contribution in [2.24, 2.45) is 0 Å². The Morgan fingerprint density at radius 3 is 2.33 bits per heavy atom. The summed E-state index contributed by atoms with van der Waals surface area (Å²) < 4.78 is 11.4. The van der Waals surface area contributed by atoms with Crippen molar-refractivity contribution in [2.75, 3.05) is 12.0 Å². The second-order valence-corrected chi connectivity index (χ2v) is 9.32. The van der Waals surface area contributed by atoms with Crippen LogP contribution in [0, 0.1) is 0 Å². The van der Waals surface area contributed by atoms with Crippen LogP contribution in [-0.4, -0.2) is 13.0 Å². The van der Waals surface area contributed by atoms with Crippen LogP contribution in [0.25, 0.3) is 11.0 Å². The van der Waals surface area contributed by atoms with Gasteiger partial charge in [0.2, 0.25) is 5.76 Å². The van der Waals surface area contributed by atoms with E-state index in [1.807, 2.05) is 30.3 Å². The van der Waals surface area contributed by atoms with E-state index in [-0.39, 0.29) is 22.5 Å². The van der Waals surface area contributed by atoms with Crippen molar-refractivity contribution in [1.82, 2.24) is 0 Å². The second kappa shape index (κ2) is 7.62. The SMILES string of the molecule is COc1cccc(N2C(=O)c3oc4ccccc4c(=O)c3C2c2ccc(C(C)(C)C)cc2)c1. The molecule has 0 radical (unpaired) electrons. The molecule has 1 amide bonds. The van der Waals surface area contributed by atoms with E-state index in [9.17, 15) is 9.59 Å². The Balaban J connectivity index is 1.76. The molecule has 1 unspecified atom stereocenters. The smallest absolute Gasteiger partial charge is 0.295 e. The number of nitrogens with zero attached hydrogens (tertiary/aromatic N) is 1. The number of rotatable bonds is 3. The number of ether oxygens (including phenoxy) is 1. The van der Waals surface area contributed by atoms with Crippen LogP contribution in [0.2, 0.25) is 0 Å². The van der Waals surface area contributed by atoms with Gasteiger partial charge in [-0.2, -0.15) is 0 Å². The van der Waals surface area contributed by atoms with Gasteiger partial charge in [0.05, 0.1) is 24.1 Å². The molecule has 0 bridgehead atoms.